The van der Waals surface area contributed by atoms with Gasteiger partial charge in [-0.2, -0.15) is 0 Å². The van der Waals surface area contributed by atoms with Gasteiger partial charge in [0, 0.05) is 24.6 Å². The van der Waals surface area contributed by atoms with Gasteiger partial charge in [-0.3, -0.25) is 9.05 Å². The third-order valence-electron chi connectivity index (χ3n) is 8.91. The fourth-order valence-electron chi connectivity index (χ4n) is 6.61. The summed E-state index contributed by atoms with van der Waals surface area (Å²) in [6.45, 7) is 6.11. The first-order valence-corrected chi connectivity index (χ1v) is 19.7. The molecule has 316 valence electrons. The van der Waals surface area contributed by atoms with E-state index in [1.807, 2.05) is 0 Å². The summed E-state index contributed by atoms with van der Waals surface area (Å²) in [5, 5.41) is 26.7. The largest absolute Gasteiger partial charge is 0.444 e. The zero-order valence-corrected chi connectivity index (χ0v) is 33.6. The van der Waals surface area contributed by atoms with E-state index in [9.17, 15) is 23.2 Å². The number of rotatable bonds is 11. The number of alkyl carbamates (subject to hydrolysis) is 1. The van der Waals surface area contributed by atoms with Crippen molar-refractivity contribution < 1.29 is 36.6 Å². The predicted molar refractivity (Wildman–Crippen MR) is 213 cm³/mol. The number of nitrogens with zero attached hydrogens (tertiary/aromatic N) is 8. The van der Waals surface area contributed by atoms with Crippen LogP contribution in [0.1, 0.15) is 75.4 Å². The molecule has 2 unspecified atom stereocenters. The Morgan fingerprint density at radius 3 is 1.75 bits per heavy atom. The Kier molecular flexibility index (Phi) is 14.5. The fourth-order valence-corrected chi connectivity index (χ4v) is 8.02. The molecule has 4 aromatic heterocycles. The van der Waals surface area contributed by atoms with E-state index in [1.54, 1.807) is 32.9 Å². The van der Waals surface area contributed by atoms with E-state index in [0.29, 0.717) is 65.2 Å². The molecule has 2 atom stereocenters. The number of nitrogens with two attached hydrogens (primary N) is 1. The normalized spacial score (nSPS) is 15.4. The van der Waals surface area contributed by atoms with Gasteiger partial charge in [0.25, 0.3) is 0 Å². The first-order valence-electron chi connectivity index (χ1n) is 17.7. The second-order valence-corrected chi connectivity index (χ2v) is 16.0. The van der Waals surface area contributed by atoms with E-state index in [0.717, 1.165) is 23.1 Å². The van der Waals surface area contributed by atoms with Gasteiger partial charge in [-0.15, -0.1) is 12.4 Å². The molecule has 23 heteroatoms. The molecule has 0 saturated heterocycles. The number of hydrogen-bond acceptors (Lipinski definition) is 17. The van der Waals surface area contributed by atoms with Crippen LogP contribution in [0.4, 0.5) is 13.6 Å². The lowest BCUT2D eigenvalue weighted by Gasteiger charge is -2.19. The average Bonchev–Trinajstić information content (AvgIpc) is 4.02. The number of amides is 1. The van der Waals surface area contributed by atoms with Gasteiger partial charge in [-0.05, 0) is 114 Å². The van der Waals surface area contributed by atoms with Crippen LogP contribution in [0.25, 0.3) is 23.0 Å². The van der Waals surface area contributed by atoms with Gasteiger partial charge < -0.3 is 15.8 Å². The Hall–Kier alpha value is -5.32. The van der Waals surface area contributed by atoms with Gasteiger partial charge in [-0.25, -0.2) is 41.6 Å². The van der Waals surface area contributed by atoms with Crippen molar-refractivity contribution in [1.82, 2.24) is 45.4 Å². The summed E-state index contributed by atoms with van der Waals surface area (Å²) in [4.78, 5) is 36.5. The minimum absolute atomic E-state index is 0. The maximum atomic E-state index is 13.8. The third-order valence-corrected chi connectivity index (χ3v) is 10.8. The molecule has 0 saturated carbocycles. The molecule has 59 heavy (non-hydrogen) atoms. The highest BCUT2D eigenvalue weighted by Crippen LogP contribution is 2.39. The molecular weight excluding hydrogens is 838 g/mol. The number of carbonyl (C=O) groups excluding carboxylic acids is 1. The van der Waals surface area contributed by atoms with Crippen molar-refractivity contribution in [3.63, 3.8) is 0 Å². The molecule has 2 aliphatic carbocycles. The summed E-state index contributed by atoms with van der Waals surface area (Å²) in [5.74, 6) is -0.602. The van der Waals surface area contributed by atoms with Crippen LogP contribution in [-0.2, 0) is 17.6 Å². The third kappa shape index (κ3) is 9.94. The topological polar surface area (TPSA) is 238 Å². The Morgan fingerprint density at radius 2 is 1.29 bits per heavy atom. The Bertz CT molecular complexity index is 2490. The molecule has 0 fully saturated rings. The molecule has 0 spiro atoms. The number of aromatic nitrogens is 8. The number of nitrogens with one attached hydrogen (secondary N) is 1. The van der Waals surface area contributed by atoms with Crippen LogP contribution >= 0.6 is 35.9 Å². The summed E-state index contributed by atoms with van der Waals surface area (Å²) in [7, 11) is 0. The van der Waals surface area contributed by atoms with Crippen LogP contribution in [0.15, 0.2) is 74.3 Å². The Morgan fingerprint density at radius 1 is 0.814 bits per heavy atom. The van der Waals surface area contributed by atoms with E-state index in [2.05, 4.69) is 36.3 Å². The second-order valence-electron chi connectivity index (χ2n) is 13.8. The molecule has 2 aliphatic rings. The number of ether oxygens (including phenoxy) is 1. The standard InChI is InChI=1S/C20H22FN5O5S.C15H14FN5O3S.CH4.ClH/c1-20(2,3)29-18(27)22-8-9-32-17-15(23-31-25-17)16-24-30-19(28)26(16)14-7-5-11-4-6-12(21)10-13(11)14;16-9-3-1-8-2-4-11(10(8)7-9)21-13(19-23-15(21)22)12-14(20-24-18-12)25-6-5-17;;/h4,6,10,14H,5,7-9H2,1-3H3,(H,22,27);1,3,7,11H,2,4-6,17H2;1H4;1H. The van der Waals surface area contributed by atoms with E-state index >= 15 is 0 Å². The van der Waals surface area contributed by atoms with Crippen LogP contribution in [0.3, 0.4) is 0 Å². The van der Waals surface area contributed by atoms with Crippen LogP contribution in [-0.4, -0.2) is 76.4 Å². The molecule has 8 rings (SSSR count). The summed E-state index contributed by atoms with van der Waals surface area (Å²) in [5.41, 5.74) is 8.91. The SMILES string of the molecule is C.CC(C)(C)OC(=O)NCCSc1nonc1-c1noc(=O)n1C1CCc2ccc(F)cc21.Cl.NCCSc1nonc1-c1noc(=O)n1C1CCc2ccc(F)cc21. The van der Waals surface area contributed by atoms with Crippen molar-refractivity contribution in [3.8, 4) is 23.0 Å². The van der Waals surface area contributed by atoms with Crippen molar-refractivity contribution in [1.29, 1.82) is 0 Å². The molecular formula is C36H41ClF2N10O8S2. The van der Waals surface area contributed by atoms with Crippen molar-refractivity contribution >= 4 is 42.0 Å². The monoisotopic (exact) mass is 878 g/mol. The molecule has 3 N–H and O–H groups in total. The van der Waals surface area contributed by atoms with E-state index in [-0.39, 0.29) is 54.9 Å². The zero-order chi connectivity index (χ0) is 40.3. The lowest BCUT2D eigenvalue weighted by molar-refractivity contribution is 0.0531. The summed E-state index contributed by atoms with van der Waals surface area (Å²) >= 11 is 2.61. The molecule has 0 aliphatic heterocycles. The van der Waals surface area contributed by atoms with Crippen molar-refractivity contribution in [2.24, 2.45) is 5.73 Å². The smallest absolute Gasteiger partial charge is 0.442 e. The molecule has 1 amide bonds. The van der Waals surface area contributed by atoms with Crippen LogP contribution < -0.4 is 22.6 Å². The number of fused-ring (bicyclic) bond motifs is 2. The Labute approximate surface area is 349 Å². The van der Waals surface area contributed by atoms with Crippen molar-refractivity contribution in [3.05, 3.63) is 91.4 Å². The highest BCUT2D eigenvalue weighted by atomic mass is 35.5. The van der Waals surface area contributed by atoms with E-state index in [4.69, 9.17) is 28.8 Å². The van der Waals surface area contributed by atoms with E-state index < -0.39 is 29.2 Å². The molecule has 6 aromatic rings. The molecule has 18 nitrogen and oxygen atoms in total. The summed E-state index contributed by atoms with van der Waals surface area (Å²) < 4.78 is 54.9. The van der Waals surface area contributed by atoms with Gasteiger partial charge in [0.05, 0.1) is 12.1 Å². The maximum Gasteiger partial charge on any atom is 0.442 e. The quantitative estimate of drug-likeness (QED) is 0.115. The lowest BCUT2D eigenvalue weighted by atomic mass is 10.1. The molecule has 4 heterocycles. The van der Waals surface area contributed by atoms with Crippen LogP contribution in [0, 0.1) is 11.6 Å². The van der Waals surface area contributed by atoms with Gasteiger partial charge in [0.1, 0.15) is 17.2 Å². The number of carbonyl (C=O) groups is 1. The lowest BCUT2D eigenvalue weighted by Crippen LogP contribution is -2.33. The van der Waals surface area contributed by atoms with Gasteiger partial charge >= 0.3 is 17.6 Å². The fraction of sp³-hybridized carbons (Fsp3) is 0.417. The van der Waals surface area contributed by atoms with E-state index in [1.165, 1.54) is 56.9 Å². The highest BCUT2D eigenvalue weighted by molar-refractivity contribution is 7.99. The summed E-state index contributed by atoms with van der Waals surface area (Å²) in [6.07, 6.45) is 2.16. The molecule has 0 bridgehead atoms. The first kappa shape index (κ1) is 44.8. The van der Waals surface area contributed by atoms with Crippen LogP contribution in [0.2, 0.25) is 0 Å². The van der Waals surface area contributed by atoms with Crippen molar-refractivity contribution in [2.45, 2.75) is 81.6 Å². The zero-order valence-electron chi connectivity index (χ0n) is 31.2. The number of aryl methyl sites for hydroxylation is 2. The minimum Gasteiger partial charge on any atom is -0.444 e. The number of benzene rings is 2. The first-order chi connectivity index (χ1) is 27.4. The maximum absolute atomic E-state index is 13.8. The number of hydrogen-bond donors (Lipinski definition) is 2. The summed E-state index contributed by atoms with van der Waals surface area (Å²) in [6, 6.07) is 8.35. The average molecular weight is 879 g/mol. The predicted octanol–water partition coefficient (Wildman–Crippen LogP) is 5.85. The number of halogens is 3. The van der Waals surface area contributed by atoms with Crippen molar-refractivity contribution in [2.75, 3.05) is 24.6 Å². The number of thioether (sulfide) groups is 2. The van der Waals surface area contributed by atoms with Gasteiger partial charge in [0.15, 0.2) is 21.4 Å². The molecule has 2 aromatic carbocycles. The molecule has 0 radical (unpaired) electrons. The van der Waals surface area contributed by atoms with Gasteiger partial charge in [0.2, 0.25) is 11.6 Å². The second kappa shape index (κ2) is 19.2. The minimum atomic E-state index is -0.673. The van der Waals surface area contributed by atoms with Gasteiger partial charge in [-0.1, -0.05) is 53.4 Å². The highest BCUT2D eigenvalue weighted by Gasteiger charge is 2.33. The Balaban J connectivity index is 0.000000223. The van der Waals surface area contributed by atoms with Crippen LogP contribution in [0.5, 0.6) is 0 Å².